The van der Waals surface area contributed by atoms with Crippen molar-refractivity contribution in [3.63, 3.8) is 0 Å². The molecular formula is C23H27N3. The third-order valence-electron chi connectivity index (χ3n) is 4.62. The molecule has 3 nitrogen and oxygen atoms in total. The normalized spacial score (nSPS) is 10.9. The highest BCUT2D eigenvalue weighted by Gasteiger charge is 2.19. The molecule has 0 unspecified atom stereocenters. The fraction of sp³-hybridized carbons (Fsp3) is 0.391. The van der Waals surface area contributed by atoms with E-state index >= 15 is 0 Å². The first-order valence-electron chi connectivity index (χ1n) is 9.17. The SMILES string of the molecule is CC(C)c1ccc(N(c2cc(C#N)c(C(C)C)c(C#N)c2)C(C)C)cc1. The molecule has 134 valence electrons. The van der Waals surface area contributed by atoms with E-state index in [9.17, 15) is 10.5 Å². The van der Waals surface area contributed by atoms with Crippen LogP contribution in [-0.2, 0) is 0 Å². The Balaban J connectivity index is 2.61. The lowest BCUT2D eigenvalue weighted by molar-refractivity contribution is 0.785. The second-order valence-electron chi connectivity index (χ2n) is 7.54. The van der Waals surface area contributed by atoms with Gasteiger partial charge in [-0.05, 0) is 61.1 Å². The molecule has 2 rings (SSSR count). The Bertz CT molecular complexity index is 811. The highest BCUT2D eigenvalue weighted by Crippen LogP contribution is 2.34. The summed E-state index contributed by atoms with van der Waals surface area (Å²) in [6.07, 6.45) is 0. The van der Waals surface area contributed by atoms with Crippen LogP contribution in [0.1, 0.15) is 75.6 Å². The van der Waals surface area contributed by atoms with Crippen molar-refractivity contribution in [2.24, 2.45) is 0 Å². The van der Waals surface area contributed by atoms with E-state index in [4.69, 9.17) is 0 Å². The predicted molar refractivity (Wildman–Crippen MR) is 108 cm³/mol. The lowest BCUT2D eigenvalue weighted by Gasteiger charge is -2.30. The molecule has 0 atom stereocenters. The molecule has 0 spiro atoms. The molecule has 0 saturated carbocycles. The van der Waals surface area contributed by atoms with Crippen LogP contribution in [0.5, 0.6) is 0 Å². The highest BCUT2D eigenvalue weighted by molar-refractivity contribution is 5.69. The molecular weight excluding hydrogens is 318 g/mol. The van der Waals surface area contributed by atoms with Gasteiger partial charge in [-0.15, -0.1) is 0 Å². The van der Waals surface area contributed by atoms with Crippen LogP contribution in [0.2, 0.25) is 0 Å². The summed E-state index contributed by atoms with van der Waals surface area (Å²) in [6.45, 7) is 12.6. The summed E-state index contributed by atoms with van der Waals surface area (Å²) in [6, 6.07) is 17.1. The van der Waals surface area contributed by atoms with E-state index in [-0.39, 0.29) is 12.0 Å². The largest absolute Gasteiger partial charge is 0.339 e. The van der Waals surface area contributed by atoms with Gasteiger partial charge in [0.2, 0.25) is 0 Å². The van der Waals surface area contributed by atoms with Crippen molar-refractivity contribution in [2.45, 2.75) is 59.4 Å². The Morgan fingerprint density at radius 2 is 1.23 bits per heavy atom. The Morgan fingerprint density at radius 1 is 0.731 bits per heavy atom. The number of anilines is 2. The summed E-state index contributed by atoms with van der Waals surface area (Å²) in [7, 11) is 0. The second kappa shape index (κ2) is 8.07. The van der Waals surface area contributed by atoms with E-state index in [0.717, 1.165) is 16.9 Å². The third kappa shape index (κ3) is 3.89. The van der Waals surface area contributed by atoms with Gasteiger partial charge in [0.05, 0.1) is 23.3 Å². The smallest absolute Gasteiger partial charge is 0.0995 e. The molecule has 0 aliphatic rings. The first-order chi connectivity index (χ1) is 12.3. The minimum Gasteiger partial charge on any atom is -0.339 e. The summed E-state index contributed by atoms with van der Waals surface area (Å²) < 4.78 is 0. The monoisotopic (exact) mass is 345 g/mol. The fourth-order valence-corrected chi connectivity index (χ4v) is 3.35. The predicted octanol–water partition coefficient (Wildman–Crippen LogP) is 6.22. The number of nitriles is 2. The van der Waals surface area contributed by atoms with Gasteiger partial charge in [0, 0.05) is 17.4 Å². The molecule has 2 aromatic rings. The number of rotatable bonds is 5. The second-order valence-corrected chi connectivity index (χ2v) is 7.54. The summed E-state index contributed by atoms with van der Waals surface area (Å²) >= 11 is 0. The topological polar surface area (TPSA) is 50.8 Å². The maximum Gasteiger partial charge on any atom is 0.0995 e. The molecule has 0 saturated heterocycles. The van der Waals surface area contributed by atoms with Crippen LogP contribution in [0.4, 0.5) is 11.4 Å². The molecule has 26 heavy (non-hydrogen) atoms. The maximum atomic E-state index is 9.62. The van der Waals surface area contributed by atoms with E-state index in [1.165, 1.54) is 5.56 Å². The van der Waals surface area contributed by atoms with E-state index < -0.39 is 0 Å². The first-order valence-corrected chi connectivity index (χ1v) is 9.17. The van der Waals surface area contributed by atoms with Crippen molar-refractivity contribution in [1.82, 2.24) is 0 Å². The highest BCUT2D eigenvalue weighted by atomic mass is 15.2. The number of hydrogen-bond donors (Lipinski definition) is 0. The van der Waals surface area contributed by atoms with Crippen molar-refractivity contribution in [3.05, 3.63) is 58.7 Å². The molecule has 0 aliphatic heterocycles. The zero-order valence-corrected chi connectivity index (χ0v) is 16.5. The number of benzene rings is 2. The van der Waals surface area contributed by atoms with Gasteiger partial charge in [-0.1, -0.05) is 39.8 Å². The molecule has 0 radical (unpaired) electrons. The van der Waals surface area contributed by atoms with Crippen LogP contribution >= 0.6 is 0 Å². The van der Waals surface area contributed by atoms with E-state index in [0.29, 0.717) is 17.0 Å². The fourth-order valence-electron chi connectivity index (χ4n) is 3.35. The van der Waals surface area contributed by atoms with Gasteiger partial charge in [-0.2, -0.15) is 10.5 Å². The van der Waals surface area contributed by atoms with Crippen molar-refractivity contribution in [2.75, 3.05) is 4.90 Å². The summed E-state index contributed by atoms with van der Waals surface area (Å²) in [5.74, 6) is 0.614. The maximum absolute atomic E-state index is 9.62. The Hall–Kier alpha value is -2.78. The van der Waals surface area contributed by atoms with Gasteiger partial charge < -0.3 is 4.90 Å². The van der Waals surface area contributed by atoms with Crippen LogP contribution in [0.15, 0.2) is 36.4 Å². The Morgan fingerprint density at radius 3 is 1.58 bits per heavy atom. The summed E-state index contributed by atoms with van der Waals surface area (Å²) in [5.41, 5.74) is 5.24. The van der Waals surface area contributed by atoms with Gasteiger partial charge in [-0.3, -0.25) is 0 Å². The van der Waals surface area contributed by atoms with Gasteiger partial charge >= 0.3 is 0 Å². The molecule has 2 aromatic carbocycles. The zero-order valence-electron chi connectivity index (χ0n) is 16.5. The van der Waals surface area contributed by atoms with Crippen molar-refractivity contribution >= 4 is 11.4 Å². The average Bonchev–Trinajstić information content (AvgIpc) is 2.60. The molecule has 0 amide bonds. The minimum absolute atomic E-state index is 0.131. The Labute approximate surface area is 157 Å². The van der Waals surface area contributed by atoms with E-state index in [2.05, 4.69) is 69.0 Å². The Kier molecular flexibility index (Phi) is 6.06. The molecule has 0 bridgehead atoms. The zero-order chi connectivity index (χ0) is 19.4. The van der Waals surface area contributed by atoms with Crippen LogP contribution in [0.3, 0.4) is 0 Å². The number of hydrogen-bond acceptors (Lipinski definition) is 3. The van der Waals surface area contributed by atoms with E-state index in [1.54, 1.807) is 0 Å². The summed E-state index contributed by atoms with van der Waals surface area (Å²) in [4.78, 5) is 2.18. The van der Waals surface area contributed by atoms with Gasteiger partial charge in [0.1, 0.15) is 0 Å². The van der Waals surface area contributed by atoms with Gasteiger partial charge in [0.15, 0.2) is 0 Å². The van der Waals surface area contributed by atoms with Crippen LogP contribution < -0.4 is 4.90 Å². The quantitative estimate of drug-likeness (QED) is 0.646. The van der Waals surface area contributed by atoms with Crippen molar-refractivity contribution in [3.8, 4) is 12.1 Å². The standard InChI is InChI=1S/C23H27N3/c1-15(2)18-7-9-21(10-8-18)26(17(5)6)22-11-19(13-24)23(16(3)4)20(12-22)14-25/h7-12,15-17H,1-6H3. The minimum atomic E-state index is 0.131. The van der Waals surface area contributed by atoms with Crippen LogP contribution in [0.25, 0.3) is 0 Å². The van der Waals surface area contributed by atoms with Crippen molar-refractivity contribution < 1.29 is 0 Å². The van der Waals surface area contributed by atoms with Crippen molar-refractivity contribution in [1.29, 1.82) is 10.5 Å². The van der Waals surface area contributed by atoms with Crippen LogP contribution in [0, 0.1) is 22.7 Å². The molecule has 0 fully saturated rings. The molecule has 3 heteroatoms. The summed E-state index contributed by atoms with van der Waals surface area (Å²) in [5, 5.41) is 19.2. The molecule has 0 aromatic heterocycles. The first kappa shape index (κ1) is 19.5. The van der Waals surface area contributed by atoms with Gasteiger partial charge in [-0.25, -0.2) is 0 Å². The molecule has 0 N–H and O–H groups in total. The third-order valence-corrected chi connectivity index (χ3v) is 4.62. The van der Waals surface area contributed by atoms with Gasteiger partial charge in [0.25, 0.3) is 0 Å². The number of nitrogens with zero attached hydrogens (tertiary/aromatic N) is 3. The lowest BCUT2D eigenvalue weighted by Crippen LogP contribution is -2.25. The van der Waals surface area contributed by atoms with Crippen LogP contribution in [-0.4, -0.2) is 6.04 Å². The lowest BCUT2D eigenvalue weighted by atomic mass is 9.91. The van der Waals surface area contributed by atoms with E-state index in [1.807, 2.05) is 26.0 Å². The molecule has 0 aliphatic carbocycles. The molecule has 0 heterocycles. The average molecular weight is 345 g/mol.